The maximum absolute atomic E-state index is 0. The zero-order chi connectivity index (χ0) is 0. The van der Waals surface area contributed by atoms with E-state index in [2.05, 4.69) is 0 Å². The quantitative estimate of drug-likeness (QED) is 0.374. The van der Waals surface area contributed by atoms with Crippen LogP contribution in [0.15, 0.2) is 0 Å². The van der Waals surface area contributed by atoms with E-state index in [4.69, 9.17) is 0 Å². The van der Waals surface area contributed by atoms with Crippen molar-refractivity contribution in [3.05, 3.63) is 0 Å². The number of rotatable bonds is 0. The van der Waals surface area contributed by atoms with E-state index in [-0.39, 0.29) is 45.1 Å². The zero-order valence-electron chi connectivity index (χ0n) is 1.76. The topological polar surface area (TPSA) is 57.0 Å². The van der Waals surface area contributed by atoms with Crippen LogP contribution in [0.5, 0.6) is 0 Å². The Bertz CT molecular complexity index is 6.00. The summed E-state index contributed by atoms with van der Waals surface area (Å²) in [6.07, 6.45) is 0. The maximum Gasteiger partial charge on any atom is 4.00 e. The molecule has 4 heteroatoms. The van der Waals surface area contributed by atoms with Crippen molar-refractivity contribution in [2.75, 3.05) is 0 Å². The van der Waals surface area contributed by atoms with Crippen LogP contribution in [0.3, 0.4) is 0 Å². The molecule has 2 nitrogen and oxygen atoms in total. The molecule has 0 aromatic heterocycles. The minimum atomic E-state index is 0. The molecule has 0 unspecified atom stereocenters. The molecule has 0 aliphatic heterocycles. The Kier molecular flexibility index (Phi) is 872. The van der Waals surface area contributed by atoms with Crippen LogP contribution in [0, 0.1) is 12.4 Å². The Morgan fingerprint density at radius 1 is 0.750 bits per heavy atom. The van der Waals surface area contributed by atoms with Crippen molar-refractivity contribution in [3.63, 3.8) is 0 Å². The molecule has 0 fully saturated rings. The molecule has 0 bridgehead atoms. The first kappa shape index (κ1) is 88.8. The average molecular weight is 117 g/mol. The summed E-state index contributed by atoms with van der Waals surface area (Å²) < 4.78 is 0. The van der Waals surface area contributed by atoms with Gasteiger partial charge in [-0.15, -0.1) is 0 Å². The van der Waals surface area contributed by atoms with Crippen molar-refractivity contribution in [2.45, 2.75) is 0 Å². The molecule has 0 heterocycles. The molecule has 0 amide bonds. The molecule has 0 aromatic carbocycles. The van der Waals surface area contributed by atoms with Gasteiger partial charge in [-0.3, -0.25) is 0 Å². The molecule has 0 spiro atoms. The summed E-state index contributed by atoms with van der Waals surface area (Å²) in [6.45, 7) is 0. The van der Waals surface area contributed by atoms with Gasteiger partial charge in [-0.25, -0.2) is 0 Å². The van der Waals surface area contributed by atoms with E-state index in [0.717, 1.165) is 0 Å². The normalized spacial score (nSPS) is 0. The summed E-state index contributed by atoms with van der Waals surface area (Å²) in [6, 6.07) is 0. The van der Waals surface area contributed by atoms with E-state index in [9.17, 15) is 0 Å². The first-order chi connectivity index (χ1) is 0. The molecule has 0 N–H and O–H groups in total. The third-order valence-corrected chi connectivity index (χ3v) is 0. The molecular weight excluding hydrogens is 115 g/mol. The summed E-state index contributed by atoms with van der Waals surface area (Å²) in [7, 11) is 0. The van der Waals surface area contributed by atoms with Gasteiger partial charge in [-0.05, 0) is 0 Å². The van der Waals surface area contributed by atoms with Gasteiger partial charge < -0.3 is 11.0 Å². The number of hydrogen-bond acceptors (Lipinski definition) is 0. The van der Waals surface area contributed by atoms with E-state index in [1.54, 1.807) is 0 Å². The summed E-state index contributed by atoms with van der Waals surface area (Å²) in [5.74, 6) is 0. The Labute approximate surface area is 45.5 Å². The zero-order valence-corrected chi connectivity index (χ0v) is 4.22. The van der Waals surface area contributed by atoms with Crippen molar-refractivity contribution in [2.24, 2.45) is 0 Å². The summed E-state index contributed by atoms with van der Waals surface area (Å²) in [5.41, 5.74) is 0. The minimum absolute atomic E-state index is 0. The molecule has 0 aliphatic rings. The number of hydrogen-bond donors (Lipinski definition) is 0. The maximum atomic E-state index is 0. The Morgan fingerprint density at radius 2 is 0.750 bits per heavy atom. The third kappa shape index (κ3) is 12.7. The smallest absolute Gasteiger partial charge is 2.00 e. The van der Waals surface area contributed by atoms with Gasteiger partial charge in [0.15, 0.2) is 0 Å². The molecular formula is H2ClO2Ti+. The van der Waals surface area contributed by atoms with Gasteiger partial charge in [0.1, 0.15) is 0 Å². The van der Waals surface area contributed by atoms with Gasteiger partial charge in [0, 0.05) is 0 Å². The number of halogens is 1. The van der Waals surface area contributed by atoms with E-state index in [1.165, 1.54) is 0 Å². The van der Waals surface area contributed by atoms with Crippen LogP contribution >= 0.6 is 0 Å². The van der Waals surface area contributed by atoms with Gasteiger partial charge in [0.2, 0.25) is 0 Å². The Morgan fingerprint density at radius 3 is 0.750 bits per heavy atom. The largest absolute Gasteiger partial charge is 4.00 e. The standard InChI is InChI=1S/ClH2.2O.Ti/h1H2;;;/q+1;2*-2;+4. The predicted octanol–water partition coefficient (Wildman–Crippen LogP) is -0.776. The fraction of sp³-hybridized carbons (Fsp3) is 0. The second-order valence-corrected chi connectivity index (χ2v) is 0. The molecule has 24 valence electrons. The van der Waals surface area contributed by atoms with Crippen LogP contribution in [0.2, 0.25) is 0 Å². The molecule has 4 heavy (non-hydrogen) atoms. The fourth-order valence-electron chi connectivity index (χ4n) is 0. The van der Waals surface area contributed by atoms with Crippen LogP contribution < -0.4 is 0 Å². The second kappa shape index (κ2) is 39.3. The van der Waals surface area contributed by atoms with Crippen molar-refractivity contribution in [1.29, 1.82) is 0 Å². The van der Waals surface area contributed by atoms with Gasteiger partial charge in [-0.1, -0.05) is 0 Å². The average Bonchev–Trinajstić information content (AvgIpc) is 0. The second-order valence-electron chi connectivity index (χ2n) is 0. The molecule has 0 aromatic rings. The molecule has 0 rings (SSSR count). The van der Waals surface area contributed by atoms with Gasteiger partial charge in [0.25, 0.3) is 0 Å². The van der Waals surface area contributed by atoms with Crippen LogP contribution in [-0.2, 0) is 32.7 Å². The van der Waals surface area contributed by atoms with E-state index in [0.29, 0.717) is 0 Å². The van der Waals surface area contributed by atoms with Crippen molar-refractivity contribution < 1.29 is 45.1 Å². The van der Waals surface area contributed by atoms with Crippen molar-refractivity contribution in [3.8, 4) is 0 Å². The Hall–Kier alpha value is 0.924. The molecule has 0 saturated heterocycles. The molecule has 0 aliphatic carbocycles. The van der Waals surface area contributed by atoms with Crippen molar-refractivity contribution in [1.82, 2.24) is 0 Å². The predicted molar refractivity (Wildman–Crippen MR) is 4.16 cm³/mol. The van der Waals surface area contributed by atoms with Crippen LogP contribution in [0.4, 0.5) is 0 Å². The first-order valence-electron chi connectivity index (χ1n) is 0. The van der Waals surface area contributed by atoms with E-state index in [1.807, 2.05) is 0 Å². The summed E-state index contributed by atoms with van der Waals surface area (Å²) in [5, 5.41) is 0. The van der Waals surface area contributed by atoms with Gasteiger partial charge in [-0.2, -0.15) is 0 Å². The molecule has 0 saturated carbocycles. The van der Waals surface area contributed by atoms with Gasteiger partial charge >= 0.3 is 21.7 Å². The van der Waals surface area contributed by atoms with Crippen LogP contribution in [0.1, 0.15) is 0 Å². The minimum Gasteiger partial charge on any atom is -2.00 e. The Balaban J connectivity index is 0. The third-order valence-electron chi connectivity index (χ3n) is 0. The van der Waals surface area contributed by atoms with E-state index >= 15 is 0 Å². The fourth-order valence-corrected chi connectivity index (χ4v) is 0. The SMILES string of the molecule is [ClH2+].[O-2].[O-2].[Ti+4]. The monoisotopic (exact) mass is 117 g/mol. The van der Waals surface area contributed by atoms with Crippen LogP contribution in [-0.4, -0.2) is 0 Å². The van der Waals surface area contributed by atoms with E-state index < -0.39 is 0 Å². The van der Waals surface area contributed by atoms with Crippen LogP contribution in [0.25, 0.3) is 0 Å². The summed E-state index contributed by atoms with van der Waals surface area (Å²) in [4.78, 5) is 0. The molecule has 0 atom stereocenters. The van der Waals surface area contributed by atoms with Crippen molar-refractivity contribution >= 4 is 0 Å². The van der Waals surface area contributed by atoms with Gasteiger partial charge in [0.05, 0.1) is 12.4 Å². The molecule has 0 radical (unpaired) electrons. The first-order valence-corrected chi connectivity index (χ1v) is 0. The summed E-state index contributed by atoms with van der Waals surface area (Å²) >= 11 is 0.